The van der Waals surface area contributed by atoms with Crippen molar-refractivity contribution in [1.82, 2.24) is 14.2 Å². The molecule has 31 heavy (non-hydrogen) atoms. The Morgan fingerprint density at radius 2 is 2.06 bits per heavy atom. The summed E-state index contributed by atoms with van der Waals surface area (Å²) in [5, 5.41) is 10.1. The fraction of sp³-hybridized carbons (Fsp3) is 0.381. The van der Waals surface area contributed by atoms with Crippen LogP contribution in [0.1, 0.15) is 36.2 Å². The fourth-order valence-electron chi connectivity index (χ4n) is 4.53. The highest BCUT2D eigenvalue weighted by molar-refractivity contribution is 7.86. The van der Waals surface area contributed by atoms with Crippen molar-refractivity contribution in [2.75, 3.05) is 13.1 Å². The van der Waals surface area contributed by atoms with E-state index in [1.54, 1.807) is 23.7 Å². The van der Waals surface area contributed by atoms with Crippen molar-refractivity contribution in [3.8, 4) is 0 Å². The second-order valence-electron chi connectivity index (χ2n) is 8.06. The molecule has 1 aromatic carbocycles. The van der Waals surface area contributed by atoms with Crippen LogP contribution >= 0.6 is 23.2 Å². The second-order valence-corrected chi connectivity index (χ2v) is 10.4. The molecule has 1 fully saturated rings. The molecule has 1 unspecified atom stereocenters. The largest absolute Gasteiger partial charge is 0.340 e. The number of nitrogens with zero attached hydrogens (tertiary/aromatic N) is 2. The molecule has 2 aromatic rings. The van der Waals surface area contributed by atoms with Crippen molar-refractivity contribution >= 4 is 50.2 Å². The number of nitrogens with two attached hydrogens (primary N) is 1. The Morgan fingerprint density at radius 3 is 2.74 bits per heavy atom. The monoisotopic (exact) mass is 482 g/mol. The average Bonchev–Trinajstić information content (AvgIpc) is 3.08. The molecule has 7 nitrogen and oxygen atoms in total. The second kappa shape index (κ2) is 8.26. The van der Waals surface area contributed by atoms with Crippen molar-refractivity contribution in [2.45, 2.75) is 31.2 Å². The van der Waals surface area contributed by atoms with Gasteiger partial charge in [0.05, 0.1) is 15.6 Å². The van der Waals surface area contributed by atoms with Crippen LogP contribution in [0.15, 0.2) is 42.0 Å². The zero-order valence-electron chi connectivity index (χ0n) is 17.1. The highest BCUT2D eigenvalue weighted by Gasteiger charge is 2.43. The predicted octanol–water partition coefficient (Wildman–Crippen LogP) is 3.53. The number of carbonyl (C=O) groups is 1. The van der Waals surface area contributed by atoms with Gasteiger partial charge in [0.1, 0.15) is 5.69 Å². The van der Waals surface area contributed by atoms with E-state index in [2.05, 4.69) is 11.4 Å². The third-order valence-electron chi connectivity index (χ3n) is 6.14. The van der Waals surface area contributed by atoms with Gasteiger partial charge in [-0.1, -0.05) is 41.4 Å². The van der Waals surface area contributed by atoms with Crippen LogP contribution in [0, 0.1) is 0 Å². The van der Waals surface area contributed by atoms with Crippen LogP contribution in [0.3, 0.4) is 0 Å². The summed E-state index contributed by atoms with van der Waals surface area (Å²) in [6.45, 7) is 0.440. The molecule has 2 heterocycles. The summed E-state index contributed by atoms with van der Waals surface area (Å²) in [5.41, 5.74) is 1.36. The van der Waals surface area contributed by atoms with Gasteiger partial charge in [-0.3, -0.25) is 4.79 Å². The Kier molecular flexibility index (Phi) is 5.95. The number of amides is 1. The smallest absolute Gasteiger partial charge is 0.276 e. The lowest BCUT2D eigenvalue weighted by atomic mass is 9.79. The van der Waals surface area contributed by atoms with E-state index < -0.39 is 15.7 Å². The number of hydrogen-bond acceptors (Lipinski definition) is 3. The number of benzene rings is 1. The molecule has 0 spiro atoms. The summed E-state index contributed by atoms with van der Waals surface area (Å²) < 4.78 is 27.2. The topological polar surface area (TPSA) is 97.4 Å². The van der Waals surface area contributed by atoms with Crippen molar-refractivity contribution < 1.29 is 13.2 Å². The number of rotatable bonds is 4. The first kappa shape index (κ1) is 22.4. The van der Waals surface area contributed by atoms with Crippen molar-refractivity contribution in [3.63, 3.8) is 0 Å². The van der Waals surface area contributed by atoms with E-state index in [4.69, 9.17) is 28.3 Å². The summed E-state index contributed by atoms with van der Waals surface area (Å²) in [6, 6.07) is 5.22. The number of allylic oxidation sites excluding steroid dienone is 3. The van der Waals surface area contributed by atoms with Crippen molar-refractivity contribution in [3.05, 3.63) is 57.7 Å². The average molecular weight is 483 g/mol. The number of halogens is 2. The van der Waals surface area contributed by atoms with Gasteiger partial charge in [0, 0.05) is 31.0 Å². The molecule has 4 rings (SSSR count). The molecule has 166 valence electrons. The molecule has 1 amide bonds. The van der Waals surface area contributed by atoms with Crippen molar-refractivity contribution in [2.24, 2.45) is 12.2 Å². The van der Waals surface area contributed by atoms with E-state index in [-0.39, 0.29) is 12.5 Å². The van der Waals surface area contributed by atoms with Crippen LogP contribution in [0.25, 0.3) is 10.9 Å². The van der Waals surface area contributed by atoms with E-state index in [1.165, 1.54) is 4.31 Å². The Morgan fingerprint density at radius 1 is 1.29 bits per heavy atom. The Labute approximate surface area is 191 Å². The van der Waals surface area contributed by atoms with Gasteiger partial charge in [-0.2, -0.15) is 12.7 Å². The maximum atomic E-state index is 13.5. The van der Waals surface area contributed by atoms with Crippen LogP contribution in [-0.4, -0.2) is 41.8 Å². The first-order chi connectivity index (χ1) is 14.6. The number of carbonyl (C=O) groups excluding carboxylic acids is 1. The van der Waals surface area contributed by atoms with E-state index in [0.29, 0.717) is 40.5 Å². The van der Waals surface area contributed by atoms with Gasteiger partial charge < -0.3 is 9.88 Å². The quantitative estimate of drug-likeness (QED) is 0.696. The molecular weight excluding hydrogens is 459 g/mol. The first-order valence-electron chi connectivity index (χ1n) is 10.0. The van der Waals surface area contributed by atoms with Gasteiger partial charge >= 0.3 is 0 Å². The number of nitrogens with one attached hydrogen (secondary N) is 1. The predicted molar refractivity (Wildman–Crippen MR) is 124 cm³/mol. The minimum atomic E-state index is -3.88. The Bertz CT molecular complexity index is 1220. The summed E-state index contributed by atoms with van der Waals surface area (Å²) in [4.78, 5) is 13.5. The molecule has 1 saturated heterocycles. The Hall–Kier alpha value is -1.84. The lowest BCUT2D eigenvalue weighted by Crippen LogP contribution is -2.61. The van der Waals surface area contributed by atoms with Crippen LogP contribution < -0.4 is 10.5 Å². The van der Waals surface area contributed by atoms with E-state index >= 15 is 0 Å². The zero-order chi connectivity index (χ0) is 22.4. The van der Waals surface area contributed by atoms with Crippen molar-refractivity contribution in [1.29, 1.82) is 0 Å². The third kappa shape index (κ3) is 4.15. The first-order valence-corrected chi connectivity index (χ1v) is 12.3. The third-order valence-corrected chi connectivity index (χ3v) is 7.99. The molecule has 1 aromatic heterocycles. The molecule has 10 heteroatoms. The highest BCUT2D eigenvalue weighted by atomic mass is 35.5. The minimum absolute atomic E-state index is 0.105. The van der Waals surface area contributed by atoms with Gasteiger partial charge in [-0.25, -0.2) is 5.14 Å². The van der Waals surface area contributed by atoms with E-state index in [1.807, 2.05) is 18.2 Å². The molecule has 0 radical (unpaired) electrons. The number of piperidine rings is 1. The number of fused-ring (bicyclic) bond motifs is 1. The summed E-state index contributed by atoms with van der Waals surface area (Å²) in [6.07, 6.45) is 8.76. The molecule has 0 saturated carbocycles. The molecule has 1 aliphatic heterocycles. The van der Waals surface area contributed by atoms with Crippen LogP contribution in [0.5, 0.6) is 0 Å². The minimum Gasteiger partial charge on any atom is -0.340 e. The molecular formula is C21H24Cl2N4O3S. The van der Waals surface area contributed by atoms with E-state index in [0.717, 1.165) is 23.9 Å². The van der Waals surface area contributed by atoms with Gasteiger partial charge in [0.2, 0.25) is 0 Å². The maximum Gasteiger partial charge on any atom is 0.276 e. The summed E-state index contributed by atoms with van der Waals surface area (Å²) in [7, 11) is -2.09. The molecule has 3 N–H and O–H groups in total. The summed E-state index contributed by atoms with van der Waals surface area (Å²) in [5.74, 6) is -0.308. The van der Waals surface area contributed by atoms with Crippen LogP contribution in [0.2, 0.25) is 10.0 Å². The van der Waals surface area contributed by atoms with E-state index in [9.17, 15) is 13.2 Å². The molecule has 0 bridgehead atoms. The SMILES string of the molecule is Cn1c(C(=O)NC2(C3=CC=CCC3)CCCN(S(N)(=O)=O)C2)cc2c(Cl)c(Cl)ccc21. The van der Waals surface area contributed by atoms with Gasteiger partial charge in [0.15, 0.2) is 0 Å². The van der Waals surface area contributed by atoms with Crippen LogP contribution in [-0.2, 0) is 17.3 Å². The van der Waals surface area contributed by atoms with Crippen LogP contribution in [0.4, 0.5) is 0 Å². The normalized spacial score (nSPS) is 22.5. The Balaban J connectivity index is 1.74. The lowest BCUT2D eigenvalue weighted by molar-refractivity contribution is 0.0868. The maximum absolute atomic E-state index is 13.5. The van der Waals surface area contributed by atoms with Gasteiger partial charge in [-0.05, 0) is 49.5 Å². The summed E-state index contributed by atoms with van der Waals surface area (Å²) >= 11 is 12.5. The zero-order valence-corrected chi connectivity index (χ0v) is 19.4. The van der Waals surface area contributed by atoms with Gasteiger partial charge in [-0.15, -0.1) is 0 Å². The number of aromatic nitrogens is 1. The number of aryl methyl sites for hydroxylation is 1. The highest BCUT2D eigenvalue weighted by Crippen LogP contribution is 2.36. The standard InChI is InChI=1S/C21H24Cl2N4O3S/c1-26-17-9-8-16(22)19(23)15(17)12-18(26)20(28)25-21(14-6-3-2-4-7-14)10-5-11-27(13-21)31(24,29)30/h2-3,6,8-9,12H,4-5,7,10-11,13H2,1H3,(H,25,28)(H2,24,29,30). The number of hydrogen-bond donors (Lipinski definition) is 2. The molecule has 1 atom stereocenters. The van der Waals surface area contributed by atoms with Gasteiger partial charge in [0.25, 0.3) is 16.1 Å². The molecule has 2 aliphatic rings. The molecule has 1 aliphatic carbocycles. The fourth-order valence-corrected chi connectivity index (χ4v) is 5.69. The lowest BCUT2D eigenvalue weighted by Gasteiger charge is -2.44.